The molecule has 122 valence electrons. The van der Waals surface area contributed by atoms with Crippen LogP contribution in [0.1, 0.15) is 28.7 Å². The van der Waals surface area contributed by atoms with E-state index in [4.69, 9.17) is 16.3 Å². The summed E-state index contributed by atoms with van der Waals surface area (Å²) >= 11 is 5.98. The molecular weight excluding hydrogens is 328 g/mol. The average molecular weight is 343 g/mol. The van der Waals surface area contributed by atoms with Gasteiger partial charge in [0.05, 0.1) is 24.2 Å². The third-order valence-electron chi connectivity index (χ3n) is 4.12. The molecule has 6 nitrogen and oxygen atoms in total. The second-order valence-electron chi connectivity index (χ2n) is 5.55. The monoisotopic (exact) mass is 342 g/mol. The first-order valence-corrected chi connectivity index (χ1v) is 8.14. The van der Waals surface area contributed by atoms with E-state index in [1.165, 1.54) is 0 Å². The number of hydrogen-bond donors (Lipinski definition) is 1. The van der Waals surface area contributed by atoms with Gasteiger partial charge >= 0.3 is 5.97 Å². The highest BCUT2D eigenvalue weighted by Crippen LogP contribution is 2.36. The topological polar surface area (TPSA) is 72.8 Å². The van der Waals surface area contributed by atoms with E-state index in [1.807, 2.05) is 12.1 Å². The molecule has 3 aromatic rings. The summed E-state index contributed by atoms with van der Waals surface area (Å²) in [5, 5.41) is 12.4. The molecule has 0 bridgehead atoms. The van der Waals surface area contributed by atoms with Gasteiger partial charge in [0.15, 0.2) is 5.69 Å². The number of ether oxygens (including phenoxy) is 1. The number of H-pyrrole nitrogens is 1. The number of aryl methyl sites for hydroxylation is 1. The lowest BCUT2D eigenvalue weighted by Crippen LogP contribution is -2.10. The number of rotatable bonds is 3. The fraction of sp³-hybridized carbons (Fsp3) is 0.235. The maximum absolute atomic E-state index is 12.3. The van der Waals surface area contributed by atoms with Gasteiger partial charge in [-0.3, -0.25) is 5.10 Å². The predicted molar refractivity (Wildman–Crippen MR) is 89.5 cm³/mol. The number of fused-ring (bicyclic) bond motifs is 3. The molecule has 1 aliphatic carbocycles. The zero-order valence-corrected chi connectivity index (χ0v) is 13.8. The second-order valence-corrected chi connectivity index (χ2v) is 5.98. The lowest BCUT2D eigenvalue weighted by atomic mass is 9.94. The zero-order chi connectivity index (χ0) is 16.7. The van der Waals surface area contributed by atoms with Gasteiger partial charge in [-0.1, -0.05) is 11.6 Å². The van der Waals surface area contributed by atoms with Crippen LogP contribution in [0.5, 0.6) is 0 Å². The van der Waals surface area contributed by atoms with Crippen LogP contribution in [0.3, 0.4) is 0 Å². The van der Waals surface area contributed by atoms with Gasteiger partial charge < -0.3 is 4.74 Å². The first-order chi connectivity index (χ1) is 11.7. The SMILES string of the molecule is CCOC(=O)c1nn(-c2ccc(Cl)cc2)c2c1CCc1[nH]ncc1-2. The first-order valence-electron chi connectivity index (χ1n) is 7.76. The third kappa shape index (κ3) is 2.30. The van der Waals surface area contributed by atoms with Gasteiger partial charge in [-0.15, -0.1) is 0 Å². The zero-order valence-electron chi connectivity index (χ0n) is 13.0. The van der Waals surface area contributed by atoms with Crippen LogP contribution in [-0.2, 0) is 17.6 Å². The molecule has 0 spiro atoms. The van der Waals surface area contributed by atoms with E-state index in [9.17, 15) is 4.79 Å². The second kappa shape index (κ2) is 5.79. The first kappa shape index (κ1) is 15.0. The Bertz CT molecular complexity index is 911. The molecule has 0 saturated heterocycles. The maximum Gasteiger partial charge on any atom is 0.359 e. The Balaban J connectivity index is 1.94. The number of carbonyl (C=O) groups is 1. The van der Waals surface area contributed by atoms with E-state index < -0.39 is 5.97 Å². The van der Waals surface area contributed by atoms with Crippen LogP contribution in [0, 0.1) is 0 Å². The van der Waals surface area contributed by atoms with Crippen molar-refractivity contribution in [2.45, 2.75) is 19.8 Å². The fourth-order valence-electron chi connectivity index (χ4n) is 3.05. The standard InChI is InChI=1S/C17H15ClN4O2/c1-2-24-17(23)15-12-7-8-14-13(9-19-20-14)16(12)22(21-15)11-5-3-10(18)4-6-11/h3-6,9H,2,7-8H2,1H3,(H,19,20). The Morgan fingerprint density at radius 2 is 2.12 bits per heavy atom. The van der Waals surface area contributed by atoms with Crippen LogP contribution in [0.2, 0.25) is 5.02 Å². The van der Waals surface area contributed by atoms with E-state index >= 15 is 0 Å². The minimum absolute atomic E-state index is 0.318. The van der Waals surface area contributed by atoms with Gasteiger partial charge in [-0.25, -0.2) is 9.48 Å². The van der Waals surface area contributed by atoms with Crippen molar-refractivity contribution < 1.29 is 9.53 Å². The van der Waals surface area contributed by atoms with Gasteiger partial charge in [0, 0.05) is 21.8 Å². The molecule has 0 atom stereocenters. The number of esters is 1. The van der Waals surface area contributed by atoms with Gasteiger partial charge in [-0.2, -0.15) is 10.2 Å². The Labute approximate surface area is 143 Å². The summed E-state index contributed by atoms with van der Waals surface area (Å²) < 4.78 is 6.94. The van der Waals surface area contributed by atoms with Crippen molar-refractivity contribution in [3.05, 3.63) is 52.4 Å². The van der Waals surface area contributed by atoms with E-state index in [1.54, 1.807) is 29.9 Å². The van der Waals surface area contributed by atoms with Crippen LogP contribution in [0.25, 0.3) is 16.9 Å². The van der Waals surface area contributed by atoms with E-state index in [2.05, 4.69) is 15.3 Å². The summed E-state index contributed by atoms with van der Waals surface area (Å²) in [5.74, 6) is -0.395. The fourth-order valence-corrected chi connectivity index (χ4v) is 3.18. The normalized spacial score (nSPS) is 12.6. The van der Waals surface area contributed by atoms with Crippen molar-refractivity contribution in [1.29, 1.82) is 0 Å². The highest BCUT2D eigenvalue weighted by Gasteiger charge is 2.30. The lowest BCUT2D eigenvalue weighted by molar-refractivity contribution is 0.0517. The summed E-state index contributed by atoms with van der Waals surface area (Å²) in [7, 11) is 0. The van der Waals surface area contributed by atoms with Crippen molar-refractivity contribution in [3.63, 3.8) is 0 Å². The molecule has 1 N–H and O–H groups in total. The maximum atomic E-state index is 12.3. The largest absolute Gasteiger partial charge is 0.461 e. The van der Waals surface area contributed by atoms with E-state index in [0.29, 0.717) is 23.7 Å². The van der Waals surface area contributed by atoms with Crippen molar-refractivity contribution in [2.75, 3.05) is 6.61 Å². The number of nitrogens with zero attached hydrogens (tertiary/aromatic N) is 3. The van der Waals surface area contributed by atoms with Crippen LogP contribution in [-0.4, -0.2) is 32.6 Å². The van der Waals surface area contributed by atoms with Crippen LogP contribution < -0.4 is 0 Å². The van der Waals surface area contributed by atoms with Gasteiger partial charge in [0.1, 0.15) is 0 Å². The number of halogens is 1. The minimum Gasteiger partial charge on any atom is -0.461 e. The summed E-state index contributed by atoms with van der Waals surface area (Å²) in [4.78, 5) is 12.3. The molecule has 4 rings (SSSR count). The van der Waals surface area contributed by atoms with Crippen molar-refractivity contribution in [3.8, 4) is 16.9 Å². The Morgan fingerprint density at radius 3 is 2.88 bits per heavy atom. The molecule has 24 heavy (non-hydrogen) atoms. The number of nitrogens with one attached hydrogen (secondary N) is 1. The summed E-state index contributed by atoms with van der Waals surface area (Å²) in [6.45, 7) is 2.10. The molecular formula is C17H15ClN4O2. The van der Waals surface area contributed by atoms with Gasteiger partial charge in [0.2, 0.25) is 0 Å². The van der Waals surface area contributed by atoms with Crippen LogP contribution in [0.15, 0.2) is 30.5 Å². The molecule has 2 aromatic heterocycles. The number of benzene rings is 1. The number of hydrogen-bond acceptors (Lipinski definition) is 4. The average Bonchev–Trinajstić information content (AvgIpc) is 3.19. The molecule has 0 unspecified atom stereocenters. The predicted octanol–water partition coefficient (Wildman–Crippen LogP) is 3.19. The Morgan fingerprint density at radius 1 is 1.33 bits per heavy atom. The molecule has 0 radical (unpaired) electrons. The van der Waals surface area contributed by atoms with E-state index in [0.717, 1.165) is 34.6 Å². The molecule has 2 heterocycles. The Kier molecular flexibility index (Phi) is 3.61. The van der Waals surface area contributed by atoms with Crippen LogP contribution >= 0.6 is 11.6 Å². The van der Waals surface area contributed by atoms with Crippen LogP contribution in [0.4, 0.5) is 0 Å². The van der Waals surface area contributed by atoms with Crippen molar-refractivity contribution in [1.82, 2.24) is 20.0 Å². The summed E-state index contributed by atoms with van der Waals surface area (Å²) in [6.07, 6.45) is 3.28. The molecule has 0 fully saturated rings. The summed E-state index contributed by atoms with van der Waals surface area (Å²) in [6, 6.07) is 7.35. The van der Waals surface area contributed by atoms with Gasteiger partial charge in [-0.05, 0) is 44.0 Å². The highest BCUT2D eigenvalue weighted by molar-refractivity contribution is 6.30. The van der Waals surface area contributed by atoms with Gasteiger partial charge in [0.25, 0.3) is 0 Å². The molecule has 0 saturated carbocycles. The number of carbonyl (C=O) groups excluding carboxylic acids is 1. The lowest BCUT2D eigenvalue weighted by Gasteiger charge is -2.14. The molecule has 0 aliphatic heterocycles. The molecule has 7 heteroatoms. The number of aromatic amines is 1. The molecule has 1 aliphatic rings. The highest BCUT2D eigenvalue weighted by atomic mass is 35.5. The van der Waals surface area contributed by atoms with E-state index in [-0.39, 0.29) is 0 Å². The number of aromatic nitrogens is 4. The quantitative estimate of drug-likeness (QED) is 0.742. The van der Waals surface area contributed by atoms with Crippen molar-refractivity contribution in [2.24, 2.45) is 0 Å². The third-order valence-corrected chi connectivity index (χ3v) is 4.37. The minimum atomic E-state index is -0.395. The molecule has 1 aromatic carbocycles. The van der Waals surface area contributed by atoms with Crippen molar-refractivity contribution >= 4 is 17.6 Å². The Hall–Kier alpha value is -2.60. The summed E-state index contributed by atoms with van der Waals surface area (Å²) in [5.41, 5.74) is 5.00. The molecule has 0 amide bonds. The smallest absolute Gasteiger partial charge is 0.359 e.